The molecule has 23 heavy (non-hydrogen) atoms. The van der Waals surface area contributed by atoms with Crippen molar-refractivity contribution >= 4 is 11.6 Å². The minimum atomic E-state index is -0.00243. The number of tetrazole rings is 1. The first-order valence-corrected chi connectivity index (χ1v) is 7.49. The number of hydrogen-bond donors (Lipinski definition) is 0. The quantitative estimate of drug-likeness (QED) is 0.728. The molecule has 0 saturated heterocycles. The van der Waals surface area contributed by atoms with E-state index in [4.69, 9.17) is 0 Å². The van der Waals surface area contributed by atoms with E-state index in [0.29, 0.717) is 5.56 Å². The van der Waals surface area contributed by atoms with Crippen molar-refractivity contribution < 1.29 is 4.79 Å². The van der Waals surface area contributed by atoms with E-state index >= 15 is 0 Å². The highest BCUT2D eigenvalue weighted by Gasteiger charge is 2.31. The van der Waals surface area contributed by atoms with Crippen LogP contribution in [0.3, 0.4) is 0 Å². The highest BCUT2D eigenvalue weighted by Crippen LogP contribution is 2.33. The number of nitrogens with zero attached hydrogens (tertiary/aromatic N) is 5. The summed E-state index contributed by atoms with van der Waals surface area (Å²) in [6, 6.07) is 15.6. The maximum Gasteiger partial charge on any atom is 0.258 e. The molecule has 0 unspecified atom stereocenters. The highest BCUT2D eigenvalue weighted by molar-refractivity contribution is 6.08. The van der Waals surface area contributed by atoms with Gasteiger partial charge in [-0.05, 0) is 53.6 Å². The lowest BCUT2D eigenvalue weighted by Crippen LogP contribution is -2.35. The smallest absolute Gasteiger partial charge is 0.258 e. The molecule has 2 heterocycles. The Kier molecular flexibility index (Phi) is 3.15. The minimum absolute atomic E-state index is 0.00243. The van der Waals surface area contributed by atoms with Crippen molar-refractivity contribution in [2.45, 2.75) is 19.4 Å². The van der Waals surface area contributed by atoms with Gasteiger partial charge in [0, 0.05) is 17.3 Å². The molecule has 0 bridgehead atoms. The van der Waals surface area contributed by atoms with E-state index in [-0.39, 0.29) is 11.9 Å². The lowest BCUT2D eigenvalue weighted by atomic mass is 10.1. The number of rotatable bonds is 2. The lowest BCUT2D eigenvalue weighted by Gasteiger charge is -2.23. The van der Waals surface area contributed by atoms with Gasteiger partial charge in [0.05, 0.1) is 5.69 Å². The molecule has 6 heteroatoms. The highest BCUT2D eigenvalue weighted by atomic mass is 16.2. The summed E-state index contributed by atoms with van der Waals surface area (Å²) in [5, 5.41) is 11.1. The first kappa shape index (κ1) is 13.6. The third-order valence-corrected chi connectivity index (χ3v) is 4.13. The average molecular weight is 305 g/mol. The van der Waals surface area contributed by atoms with Gasteiger partial charge in [-0.3, -0.25) is 4.79 Å². The van der Waals surface area contributed by atoms with Crippen LogP contribution in [0.1, 0.15) is 22.8 Å². The van der Waals surface area contributed by atoms with E-state index in [1.54, 1.807) is 0 Å². The molecule has 1 aliphatic heterocycles. The Bertz CT molecular complexity index is 859. The third kappa shape index (κ3) is 2.28. The Morgan fingerprint density at radius 3 is 2.87 bits per heavy atom. The maximum absolute atomic E-state index is 13.0. The molecule has 4 rings (SSSR count). The zero-order valence-corrected chi connectivity index (χ0v) is 12.6. The molecule has 0 spiro atoms. The van der Waals surface area contributed by atoms with Gasteiger partial charge in [0.2, 0.25) is 0 Å². The van der Waals surface area contributed by atoms with Crippen molar-refractivity contribution in [3.05, 3.63) is 66.0 Å². The number of fused-ring (bicyclic) bond motifs is 1. The molecule has 1 aromatic heterocycles. The van der Waals surface area contributed by atoms with Gasteiger partial charge in [-0.2, -0.15) is 0 Å². The van der Waals surface area contributed by atoms with E-state index in [0.717, 1.165) is 17.8 Å². The predicted octanol–water partition coefficient (Wildman–Crippen LogP) is 2.25. The van der Waals surface area contributed by atoms with Crippen LogP contribution >= 0.6 is 0 Å². The Morgan fingerprint density at radius 2 is 2.04 bits per heavy atom. The van der Waals surface area contributed by atoms with Crippen LogP contribution in [0, 0.1) is 0 Å². The number of anilines is 1. The number of para-hydroxylation sites is 1. The largest absolute Gasteiger partial charge is 0.305 e. The van der Waals surface area contributed by atoms with Crippen LogP contribution in [0.5, 0.6) is 0 Å². The summed E-state index contributed by atoms with van der Waals surface area (Å²) in [6.45, 7) is 2.07. The van der Waals surface area contributed by atoms with Crippen molar-refractivity contribution in [1.29, 1.82) is 0 Å². The maximum atomic E-state index is 13.0. The number of carbonyl (C=O) groups excluding carboxylic acids is 1. The normalized spacial score (nSPS) is 16.4. The summed E-state index contributed by atoms with van der Waals surface area (Å²) in [7, 11) is 0. The van der Waals surface area contributed by atoms with E-state index < -0.39 is 0 Å². The molecule has 114 valence electrons. The van der Waals surface area contributed by atoms with Gasteiger partial charge in [-0.25, -0.2) is 4.68 Å². The third-order valence-electron chi connectivity index (χ3n) is 4.13. The Balaban J connectivity index is 1.71. The second-order valence-corrected chi connectivity index (χ2v) is 5.66. The zero-order chi connectivity index (χ0) is 15.8. The number of amides is 1. The second-order valence-electron chi connectivity index (χ2n) is 5.66. The van der Waals surface area contributed by atoms with Gasteiger partial charge in [0.1, 0.15) is 6.33 Å². The van der Waals surface area contributed by atoms with Crippen molar-refractivity contribution in [3.63, 3.8) is 0 Å². The summed E-state index contributed by atoms with van der Waals surface area (Å²) in [6.07, 6.45) is 2.39. The summed E-state index contributed by atoms with van der Waals surface area (Å²) in [5.74, 6) is -0.00243. The van der Waals surface area contributed by atoms with E-state index in [2.05, 4.69) is 28.5 Å². The molecule has 1 atom stereocenters. The molecule has 3 aromatic rings. The van der Waals surface area contributed by atoms with Gasteiger partial charge in [-0.15, -0.1) is 5.10 Å². The fourth-order valence-electron chi connectivity index (χ4n) is 3.08. The van der Waals surface area contributed by atoms with E-state index in [9.17, 15) is 4.79 Å². The van der Waals surface area contributed by atoms with E-state index in [1.165, 1.54) is 16.6 Å². The monoisotopic (exact) mass is 305 g/mol. The zero-order valence-electron chi connectivity index (χ0n) is 12.6. The molecule has 0 aliphatic carbocycles. The van der Waals surface area contributed by atoms with Crippen LogP contribution in [0.2, 0.25) is 0 Å². The van der Waals surface area contributed by atoms with Crippen LogP contribution in [-0.4, -0.2) is 32.2 Å². The number of hydrogen-bond acceptors (Lipinski definition) is 4. The first-order valence-electron chi connectivity index (χ1n) is 7.49. The minimum Gasteiger partial charge on any atom is -0.305 e. The van der Waals surface area contributed by atoms with Gasteiger partial charge in [0.15, 0.2) is 0 Å². The van der Waals surface area contributed by atoms with Gasteiger partial charge in [-0.1, -0.05) is 24.3 Å². The molecule has 0 saturated carbocycles. The van der Waals surface area contributed by atoms with Crippen LogP contribution in [0.4, 0.5) is 5.69 Å². The standard InChI is InChI=1S/C17H15N5O/c1-12-9-13-5-2-3-8-16(13)22(12)17(23)14-6-4-7-15(10-14)21-11-18-19-20-21/h2-8,10-12H,9H2,1H3/t12-/m1/s1. The number of carbonyl (C=O) groups is 1. The number of aromatic nitrogens is 4. The summed E-state index contributed by atoms with van der Waals surface area (Å²) in [5.41, 5.74) is 3.60. The molecule has 6 nitrogen and oxygen atoms in total. The molecule has 2 aromatic carbocycles. The fourth-order valence-corrected chi connectivity index (χ4v) is 3.08. The van der Waals surface area contributed by atoms with Crippen molar-refractivity contribution in [1.82, 2.24) is 20.2 Å². The molecule has 0 N–H and O–H groups in total. The molecular formula is C17H15N5O. The van der Waals surface area contributed by atoms with Crippen LogP contribution in [0.25, 0.3) is 5.69 Å². The van der Waals surface area contributed by atoms with Crippen LogP contribution in [-0.2, 0) is 6.42 Å². The number of benzene rings is 2. The molecule has 0 fully saturated rings. The first-order chi connectivity index (χ1) is 11.2. The summed E-state index contributed by atoms with van der Waals surface area (Å²) >= 11 is 0. The fraction of sp³-hybridized carbons (Fsp3) is 0.176. The van der Waals surface area contributed by atoms with Gasteiger partial charge < -0.3 is 4.90 Å². The predicted molar refractivity (Wildman–Crippen MR) is 85.6 cm³/mol. The Labute approximate surface area is 133 Å². The van der Waals surface area contributed by atoms with Gasteiger partial charge >= 0.3 is 0 Å². The SMILES string of the molecule is C[C@@H]1Cc2ccccc2N1C(=O)c1cccc(-n2cnnn2)c1. The topological polar surface area (TPSA) is 63.9 Å². The Morgan fingerprint density at radius 1 is 1.17 bits per heavy atom. The summed E-state index contributed by atoms with van der Waals surface area (Å²) in [4.78, 5) is 14.9. The van der Waals surface area contributed by atoms with Crippen LogP contribution < -0.4 is 4.90 Å². The van der Waals surface area contributed by atoms with Crippen molar-refractivity contribution in [2.75, 3.05) is 4.90 Å². The molecule has 1 amide bonds. The average Bonchev–Trinajstić information content (AvgIpc) is 3.21. The lowest BCUT2D eigenvalue weighted by molar-refractivity contribution is 0.0981. The molecule has 0 radical (unpaired) electrons. The van der Waals surface area contributed by atoms with E-state index in [1.807, 2.05) is 47.4 Å². The molecular weight excluding hydrogens is 290 g/mol. The van der Waals surface area contributed by atoms with Crippen molar-refractivity contribution in [2.24, 2.45) is 0 Å². The molecule has 1 aliphatic rings. The summed E-state index contributed by atoms with van der Waals surface area (Å²) < 4.78 is 1.54. The Hall–Kier alpha value is -3.02. The van der Waals surface area contributed by atoms with Crippen molar-refractivity contribution in [3.8, 4) is 5.69 Å². The van der Waals surface area contributed by atoms with Crippen LogP contribution in [0.15, 0.2) is 54.9 Å². The second kappa shape index (κ2) is 5.31. The van der Waals surface area contributed by atoms with Gasteiger partial charge in [0.25, 0.3) is 5.91 Å².